The first kappa shape index (κ1) is 14.3. The van der Waals surface area contributed by atoms with Crippen molar-refractivity contribution in [2.45, 2.75) is 50.0 Å². The van der Waals surface area contributed by atoms with Crippen LogP contribution >= 0.6 is 0 Å². The number of benzene rings is 1. The van der Waals surface area contributed by atoms with E-state index in [0.717, 1.165) is 24.8 Å². The number of hydrogen-bond acceptors (Lipinski definition) is 3. The van der Waals surface area contributed by atoms with E-state index in [2.05, 4.69) is 0 Å². The van der Waals surface area contributed by atoms with Crippen LogP contribution in [0.2, 0.25) is 0 Å². The van der Waals surface area contributed by atoms with E-state index in [4.69, 9.17) is 0 Å². The fourth-order valence-corrected chi connectivity index (χ4v) is 3.46. The number of hydrogen-bond donors (Lipinski definition) is 1. The van der Waals surface area contributed by atoms with Crippen LogP contribution in [0.1, 0.15) is 50.0 Å². The molecule has 2 fully saturated rings. The number of amides is 2. The SMILES string of the molecule is O=C1CC(c2ccccc2)C(=O)N1CC1(O)CCCCC1. The minimum Gasteiger partial charge on any atom is -0.388 e. The Bertz CT molecular complexity index is 534. The lowest BCUT2D eigenvalue weighted by atomic mass is 9.84. The van der Waals surface area contributed by atoms with E-state index in [0.29, 0.717) is 12.8 Å². The highest BCUT2D eigenvalue weighted by Crippen LogP contribution is 2.34. The van der Waals surface area contributed by atoms with Crippen LogP contribution in [0.5, 0.6) is 0 Å². The third kappa shape index (κ3) is 2.86. The largest absolute Gasteiger partial charge is 0.388 e. The molecule has 4 heteroatoms. The highest BCUT2D eigenvalue weighted by molar-refractivity contribution is 6.06. The summed E-state index contributed by atoms with van der Waals surface area (Å²) in [5.74, 6) is -0.705. The predicted molar refractivity (Wildman–Crippen MR) is 78.6 cm³/mol. The van der Waals surface area contributed by atoms with Crippen LogP contribution in [0.4, 0.5) is 0 Å². The number of β-amino-alcohol motifs (C(OH)–C–C–N with tert-alkyl or cyclic N) is 1. The second-order valence-electron chi connectivity index (χ2n) is 6.27. The van der Waals surface area contributed by atoms with Crippen molar-refractivity contribution in [3.05, 3.63) is 35.9 Å². The fourth-order valence-electron chi connectivity index (χ4n) is 3.46. The smallest absolute Gasteiger partial charge is 0.237 e. The van der Waals surface area contributed by atoms with Crippen LogP contribution in [-0.2, 0) is 9.59 Å². The second kappa shape index (κ2) is 5.60. The van der Waals surface area contributed by atoms with Gasteiger partial charge in [-0.1, -0.05) is 49.6 Å². The van der Waals surface area contributed by atoms with Crippen LogP contribution in [-0.4, -0.2) is 34.0 Å². The summed E-state index contributed by atoms with van der Waals surface area (Å²) in [4.78, 5) is 26.0. The minimum absolute atomic E-state index is 0.159. The van der Waals surface area contributed by atoms with Gasteiger partial charge in [-0.3, -0.25) is 14.5 Å². The maximum Gasteiger partial charge on any atom is 0.237 e. The second-order valence-corrected chi connectivity index (χ2v) is 6.27. The van der Waals surface area contributed by atoms with Gasteiger partial charge >= 0.3 is 0 Å². The van der Waals surface area contributed by atoms with E-state index < -0.39 is 5.60 Å². The lowest BCUT2D eigenvalue weighted by Crippen LogP contribution is -2.46. The summed E-state index contributed by atoms with van der Waals surface area (Å²) >= 11 is 0. The average molecular weight is 287 g/mol. The number of likely N-dealkylation sites (tertiary alicyclic amines) is 1. The Morgan fingerprint density at radius 3 is 2.43 bits per heavy atom. The molecule has 3 rings (SSSR count). The lowest BCUT2D eigenvalue weighted by molar-refractivity contribution is -0.144. The molecule has 21 heavy (non-hydrogen) atoms. The van der Waals surface area contributed by atoms with Gasteiger partial charge in [0.1, 0.15) is 0 Å². The zero-order chi connectivity index (χ0) is 14.9. The molecule has 2 aliphatic rings. The minimum atomic E-state index is -0.880. The summed E-state index contributed by atoms with van der Waals surface area (Å²) in [6.45, 7) is 0.161. The van der Waals surface area contributed by atoms with E-state index in [9.17, 15) is 14.7 Å². The van der Waals surface area contributed by atoms with Gasteiger partial charge in [0, 0.05) is 6.42 Å². The third-order valence-corrected chi connectivity index (χ3v) is 4.68. The van der Waals surface area contributed by atoms with Crippen molar-refractivity contribution in [2.24, 2.45) is 0 Å². The molecule has 1 saturated heterocycles. The molecule has 1 atom stereocenters. The van der Waals surface area contributed by atoms with Gasteiger partial charge in [0.05, 0.1) is 18.1 Å². The van der Waals surface area contributed by atoms with Crippen molar-refractivity contribution < 1.29 is 14.7 Å². The average Bonchev–Trinajstić information content (AvgIpc) is 2.77. The van der Waals surface area contributed by atoms with Gasteiger partial charge in [-0.15, -0.1) is 0 Å². The first-order chi connectivity index (χ1) is 10.1. The van der Waals surface area contributed by atoms with Crippen molar-refractivity contribution in [1.29, 1.82) is 0 Å². The van der Waals surface area contributed by atoms with Crippen molar-refractivity contribution >= 4 is 11.8 Å². The molecule has 1 aromatic carbocycles. The Labute approximate surface area is 124 Å². The molecule has 1 heterocycles. The highest BCUT2D eigenvalue weighted by atomic mass is 16.3. The molecule has 1 saturated carbocycles. The molecule has 0 spiro atoms. The van der Waals surface area contributed by atoms with Crippen LogP contribution in [0, 0.1) is 0 Å². The standard InChI is InChI=1S/C17H21NO3/c19-15-11-14(13-7-3-1-4-8-13)16(20)18(15)12-17(21)9-5-2-6-10-17/h1,3-4,7-8,14,21H,2,5-6,9-12H2. The zero-order valence-electron chi connectivity index (χ0n) is 12.1. The molecule has 1 aromatic rings. The molecule has 112 valence electrons. The molecule has 4 nitrogen and oxygen atoms in total. The van der Waals surface area contributed by atoms with Crippen molar-refractivity contribution in [2.75, 3.05) is 6.54 Å². The molecule has 0 radical (unpaired) electrons. The van der Waals surface area contributed by atoms with Crippen molar-refractivity contribution in [3.63, 3.8) is 0 Å². The van der Waals surface area contributed by atoms with Gasteiger partial charge in [-0.25, -0.2) is 0 Å². The van der Waals surface area contributed by atoms with Gasteiger partial charge in [0.25, 0.3) is 0 Å². The molecule has 1 unspecified atom stereocenters. The van der Waals surface area contributed by atoms with E-state index >= 15 is 0 Å². The van der Waals surface area contributed by atoms with Gasteiger partial charge in [0.2, 0.25) is 11.8 Å². The first-order valence-corrected chi connectivity index (χ1v) is 7.71. The number of nitrogens with zero attached hydrogens (tertiary/aromatic N) is 1. The Morgan fingerprint density at radius 2 is 1.76 bits per heavy atom. The molecule has 1 aliphatic heterocycles. The summed E-state index contributed by atoms with van der Waals surface area (Å²) < 4.78 is 0. The number of aliphatic hydroxyl groups is 1. The fraction of sp³-hybridized carbons (Fsp3) is 0.529. The predicted octanol–water partition coefficient (Wildman–Crippen LogP) is 2.22. The Hall–Kier alpha value is -1.68. The summed E-state index contributed by atoms with van der Waals surface area (Å²) in [7, 11) is 0. The Balaban J connectivity index is 1.75. The monoisotopic (exact) mass is 287 g/mol. The third-order valence-electron chi connectivity index (χ3n) is 4.68. The van der Waals surface area contributed by atoms with Gasteiger partial charge in [0.15, 0.2) is 0 Å². The van der Waals surface area contributed by atoms with Crippen molar-refractivity contribution in [3.8, 4) is 0 Å². The van der Waals surface area contributed by atoms with Gasteiger partial charge in [-0.2, -0.15) is 0 Å². The summed E-state index contributed by atoms with van der Waals surface area (Å²) in [6, 6.07) is 9.42. The van der Waals surface area contributed by atoms with E-state index in [1.165, 1.54) is 4.90 Å². The van der Waals surface area contributed by atoms with E-state index in [1.54, 1.807) is 0 Å². The van der Waals surface area contributed by atoms with Crippen molar-refractivity contribution in [1.82, 2.24) is 4.90 Å². The highest BCUT2D eigenvalue weighted by Gasteiger charge is 2.43. The normalized spacial score (nSPS) is 25.4. The first-order valence-electron chi connectivity index (χ1n) is 7.71. The topological polar surface area (TPSA) is 57.6 Å². The lowest BCUT2D eigenvalue weighted by Gasteiger charge is -2.34. The molecular weight excluding hydrogens is 266 g/mol. The summed E-state index contributed by atoms with van der Waals surface area (Å²) in [5, 5.41) is 10.6. The zero-order valence-corrected chi connectivity index (χ0v) is 12.1. The van der Waals surface area contributed by atoms with Crippen LogP contribution in [0.15, 0.2) is 30.3 Å². The molecule has 0 bridgehead atoms. The summed E-state index contributed by atoms with van der Waals surface area (Å²) in [6.07, 6.45) is 4.64. The maximum absolute atomic E-state index is 12.5. The molecular formula is C17H21NO3. The Kier molecular flexibility index (Phi) is 3.81. The Morgan fingerprint density at radius 1 is 1.10 bits per heavy atom. The molecule has 1 N–H and O–H groups in total. The molecule has 1 aliphatic carbocycles. The molecule has 2 amide bonds. The number of imide groups is 1. The quantitative estimate of drug-likeness (QED) is 0.867. The maximum atomic E-state index is 12.5. The number of carbonyl (C=O) groups excluding carboxylic acids is 2. The number of rotatable bonds is 3. The van der Waals surface area contributed by atoms with Crippen LogP contribution in [0.3, 0.4) is 0 Å². The van der Waals surface area contributed by atoms with Crippen LogP contribution in [0.25, 0.3) is 0 Å². The number of carbonyl (C=O) groups is 2. The van der Waals surface area contributed by atoms with Crippen LogP contribution < -0.4 is 0 Å². The van der Waals surface area contributed by atoms with E-state index in [-0.39, 0.29) is 30.7 Å². The summed E-state index contributed by atoms with van der Waals surface area (Å²) in [5.41, 5.74) is 0.00350. The van der Waals surface area contributed by atoms with E-state index in [1.807, 2.05) is 30.3 Å². The van der Waals surface area contributed by atoms with Gasteiger partial charge < -0.3 is 5.11 Å². The van der Waals surface area contributed by atoms with Gasteiger partial charge in [-0.05, 0) is 18.4 Å². The molecule has 0 aromatic heterocycles.